The van der Waals surface area contributed by atoms with Gasteiger partial charge in [-0.2, -0.15) is 0 Å². The van der Waals surface area contributed by atoms with Gasteiger partial charge in [-0.1, -0.05) is 18.2 Å². The number of carbonyl (C=O) groups excluding carboxylic acids is 2. The third-order valence-corrected chi connectivity index (χ3v) is 5.04. The molecule has 0 radical (unpaired) electrons. The van der Waals surface area contributed by atoms with Crippen molar-refractivity contribution in [3.8, 4) is 5.75 Å². The number of ketones is 2. The van der Waals surface area contributed by atoms with Gasteiger partial charge in [-0.25, -0.2) is 0 Å². The Kier molecular flexibility index (Phi) is 5.17. The lowest BCUT2D eigenvalue weighted by molar-refractivity contribution is -0.116. The number of hydrogen-bond acceptors (Lipinski definition) is 5. The Morgan fingerprint density at radius 3 is 2.68 bits per heavy atom. The molecule has 1 fully saturated rings. The molecule has 1 saturated heterocycles. The number of para-hydroxylation sites is 1. The highest BCUT2D eigenvalue weighted by Crippen LogP contribution is 2.21. The molecule has 0 aliphatic carbocycles. The quantitative estimate of drug-likeness (QED) is 0.527. The molecule has 1 aliphatic heterocycles. The zero-order valence-corrected chi connectivity index (χ0v) is 15.8. The van der Waals surface area contributed by atoms with Gasteiger partial charge in [0.1, 0.15) is 12.4 Å². The van der Waals surface area contributed by atoms with Crippen molar-refractivity contribution in [3.63, 3.8) is 0 Å². The van der Waals surface area contributed by atoms with E-state index in [1.54, 1.807) is 24.3 Å². The summed E-state index contributed by atoms with van der Waals surface area (Å²) in [5.41, 5.74) is 3.35. The van der Waals surface area contributed by atoms with Crippen LogP contribution in [0.5, 0.6) is 5.75 Å². The fourth-order valence-electron chi connectivity index (χ4n) is 3.59. The molecule has 4 rings (SSSR count). The van der Waals surface area contributed by atoms with Crippen LogP contribution in [0.1, 0.15) is 34.5 Å². The van der Waals surface area contributed by atoms with E-state index in [4.69, 9.17) is 4.74 Å². The van der Waals surface area contributed by atoms with Gasteiger partial charge >= 0.3 is 0 Å². The molecule has 28 heavy (non-hydrogen) atoms. The number of hydrogen-bond donors (Lipinski definition) is 1. The molecule has 0 spiro atoms. The fourth-order valence-corrected chi connectivity index (χ4v) is 3.59. The summed E-state index contributed by atoms with van der Waals surface area (Å²) < 4.78 is 5.91. The molecule has 0 saturated carbocycles. The van der Waals surface area contributed by atoms with E-state index in [1.165, 1.54) is 0 Å². The van der Waals surface area contributed by atoms with Crippen LogP contribution in [0.25, 0.3) is 10.9 Å². The smallest absolute Gasteiger partial charge is 0.230 e. The molecule has 5 heteroatoms. The van der Waals surface area contributed by atoms with Crippen molar-refractivity contribution < 1.29 is 14.3 Å². The number of carbonyl (C=O) groups is 2. The molecule has 5 nitrogen and oxygen atoms in total. The zero-order valence-electron chi connectivity index (χ0n) is 15.8. The van der Waals surface area contributed by atoms with E-state index >= 15 is 0 Å². The van der Waals surface area contributed by atoms with Crippen LogP contribution in [0.15, 0.2) is 54.6 Å². The predicted molar refractivity (Wildman–Crippen MR) is 108 cm³/mol. The Bertz CT molecular complexity index is 1020. The Balaban J connectivity index is 1.45. The minimum Gasteiger partial charge on any atom is -0.489 e. The first-order chi connectivity index (χ1) is 13.6. The van der Waals surface area contributed by atoms with Crippen molar-refractivity contribution in [2.45, 2.75) is 32.4 Å². The van der Waals surface area contributed by atoms with Gasteiger partial charge in [-0.3, -0.25) is 14.6 Å². The molecule has 1 aliphatic rings. The maximum absolute atomic E-state index is 12.4. The van der Waals surface area contributed by atoms with Crippen LogP contribution >= 0.6 is 0 Å². The number of ether oxygens (including phenoxy) is 1. The summed E-state index contributed by atoms with van der Waals surface area (Å²) in [6.07, 6.45) is 1.66. The number of nitrogens with one attached hydrogen (secondary N) is 1. The molecule has 1 unspecified atom stereocenters. The average Bonchev–Trinajstić information content (AvgIpc) is 3.26. The van der Waals surface area contributed by atoms with E-state index < -0.39 is 5.78 Å². The zero-order chi connectivity index (χ0) is 19.5. The number of aryl methyl sites for hydroxylation is 1. The van der Waals surface area contributed by atoms with Crippen LogP contribution < -0.4 is 10.1 Å². The van der Waals surface area contributed by atoms with Crippen LogP contribution in [0.2, 0.25) is 0 Å². The fraction of sp³-hybridized carbons (Fsp3) is 0.261. The molecule has 1 N–H and O–H groups in total. The SMILES string of the molecule is Cc1cc(COc2ccc(C(=O)C(=O)C3CCCN3)cc2)c2ccccc2n1. The average molecular weight is 374 g/mol. The van der Waals surface area contributed by atoms with Gasteiger partial charge in [0, 0.05) is 22.2 Å². The van der Waals surface area contributed by atoms with E-state index in [0.29, 0.717) is 17.9 Å². The molecular weight excluding hydrogens is 352 g/mol. The van der Waals surface area contributed by atoms with Crippen LogP contribution in [-0.4, -0.2) is 29.1 Å². The lowest BCUT2D eigenvalue weighted by Crippen LogP contribution is -2.35. The van der Waals surface area contributed by atoms with Gasteiger partial charge in [-0.05, 0) is 62.7 Å². The Labute approximate surface area is 163 Å². The molecule has 3 aromatic rings. The monoisotopic (exact) mass is 374 g/mol. The van der Waals surface area contributed by atoms with Gasteiger partial charge in [0.05, 0.1) is 11.6 Å². The molecule has 142 valence electrons. The van der Waals surface area contributed by atoms with Gasteiger partial charge in [0.2, 0.25) is 11.6 Å². The lowest BCUT2D eigenvalue weighted by Gasteiger charge is -2.11. The molecular formula is C23H22N2O3. The van der Waals surface area contributed by atoms with Crippen LogP contribution in [0, 0.1) is 6.92 Å². The van der Waals surface area contributed by atoms with Crippen LogP contribution in [0.3, 0.4) is 0 Å². The second-order valence-corrected chi connectivity index (χ2v) is 7.10. The van der Waals surface area contributed by atoms with Crippen molar-refractivity contribution in [3.05, 3.63) is 71.4 Å². The number of nitrogens with zero attached hydrogens (tertiary/aromatic N) is 1. The lowest BCUT2D eigenvalue weighted by atomic mass is 10.0. The maximum atomic E-state index is 12.4. The van der Waals surface area contributed by atoms with Crippen molar-refractivity contribution in [1.82, 2.24) is 10.3 Å². The van der Waals surface area contributed by atoms with Crippen molar-refractivity contribution >= 4 is 22.5 Å². The number of benzene rings is 2. The minimum atomic E-state index is -0.443. The minimum absolute atomic E-state index is 0.341. The molecule has 0 bridgehead atoms. The summed E-state index contributed by atoms with van der Waals surface area (Å²) >= 11 is 0. The number of pyridine rings is 1. The van der Waals surface area contributed by atoms with Gasteiger partial charge in [0.25, 0.3) is 0 Å². The van der Waals surface area contributed by atoms with Gasteiger partial charge in [-0.15, -0.1) is 0 Å². The molecule has 2 heterocycles. The third-order valence-electron chi connectivity index (χ3n) is 5.04. The highest BCUT2D eigenvalue weighted by Gasteiger charge is 2.28. The molecule has 1 atom stereocenters. The second kappa shape index (κ2) is 7.90. The summed E-state index contributed by atoms with van der Waals surface area (Å²) in [7, 11) is 0. The van der Waals surface area contributed by atoms with E-state index in [1.807, 2.05) is 37.3 Å². The second-order valence-electron chi connectivity index (χ2n) is 7.10. The van der Waals surface area contributed by atoms with E-state index in [-0.39, 0.29) is 11.8 Å². The first-order valence-electron chi connectivity index (χ1n) is 9.52. The number of Topliss-reactive ketones (excluding diaryl/α,β-unsaturated/α-hetero) is 2. The van der Waals surface area contributed by atoms with Crippen LogP contribution in [-0.2, 0) is 11.4 Å². The van der Waals surface area contributed by atoms with Crippen molar-refractivity contribution in [2.75, 3.05) is 6.54 Å². The summed E-state index contributed by atoms with van der Waals surface area (Å²) in [5, 5.41) is 4.14. The summed E-state index contributed by atoms with van der Waals surface area (Å²) in [5.74, 6) is -0.145. The number of fused-ring (bicyclic) bond motifs is 1. The predicted octanol–water partition coefficient (Wildman–Crippen LogP) is 3.63. The summed E-state index contributed by atoms with van der Waals surface area (Å²) in [6, 6.07) is 16.4. The Morgan fingerprint density at radius 2 is 1.93 bits per heavy atom. The van der Waals surface area contributed by atoms with Gasteiger partial charge < -0.3 is 10.1 Å². The summed E-state index contributed by atoms with van der Waals surface area (Å²) in [4.78, 5) is 29.2. The molecule has 1 aromatic heterocycles. The first-order valence-corrected chi connectivity index (χ1v) is 9.52. The van der Waals surface area contributed by atoms with Crippen molar-refractivity contribution in [2.24, 2.45) is 0 Å². The summed E-state index contributed by atoms with van der Waals surface area (Å²) in [6.45, 7) is 3.16. The van der Waals surface area contributed by atoms with E-state index in [2.05, 4.69) is 10.3 Å². The van der Waals surface area contributed by atoms with Crippen LogP contribution in [0.4, 0.5) is 0 Å². The number of aromatic nitrogens is 1. The van der Waals surface area contributed by atoms with E-state index in [0.717, 1.165) is 41.5 Å². The normalized spacial score (nSPS) is 16.2. The standard InChI is InChI=1S/C23H22N2O3/c1-15-13-17(19-5-2-3-6-20(19)25-15)14-28-18-10-8-16(9-11-18)22(26)23(27)21-7-4-12-24-21/h2-3,5-6,8-11,13,21,24H,4,7,12,14H2,1H3. The van der Waals surface area contributed by atoms with Gasteiger partial charge in [0.15, 0.2) is 0 Å². The molecule has 2 aromatic carbocycles. The Morgan fingerprint density at radius 1 is 1.14 bits per heavy atom. The highest BCUT2D eigenvalue weighted by atomic mass is 16.5. The Hall–Kier alpha value is -3.05. The maximum Gasteiger partial charge on any atom is 0.230 e. The highest BCUT2D eigenvalue weighted by molar-refractivity contribution is 6.45. The largest absolute Gasteiger partial charge is 0.489 e. The third kappa shape index (κ3) is 3.80. The van der Waals surface area contributed by atoms with E-state index in [9.17, 15) is 9.59 Å². The number of rotatable bonds is 6. The topological polar surface area (TPSA) is 68.3 Å². The van der Waals surface area contributed by atoms with Crippen molar-refractivity contribution in [1.29, 1.82) is 0 Å². The molecule has 0 amide bonds. The first kappa shape index (κ1) is 18.3.